The van der Waals surface area contributed by atoms with Crippen molar-refractivity contribution in [2.24, 2.45) is 7.05 Å². The maximum atomic E-state index is 13.0. The minimum atomic E-state index is -4.07. The van der Waals surface area contributed by atoms with Crippen LogP contribution < -0.4 is 20.3 Å². The highest BCUT2D eigenvalue weighted by Gasteiger charge is 2.24. The second-order valence-corrected chi connectivity index (χ2v) is 9.42. The van der Waals surface area contributed by atoms with E-state index in [1.54, 1.807) is 7.05 Å². The topological polar surface area (TPSA) is 107 Å². The van der Waals surface area contributed by atoms with Gasteiger partial charge in [-0.15, -0.1) is 0 Å². The van der Waals surface area contributed by atoms with Gasteiger partial charge in [0.1, 0.15) is 5.75 Å². The second kappa shape index (κ2) is 9.29. The maximum absolute atomic E-state index is 13.0. The third-order valence-electron chi connectivity index (χ3n) is 4.43. The third-order valence-corrected chi connectivity index (χ3v) is 6.09. The van der Waals surface area contributed by atoms with Gasteiger partial charge in [-0.05, 0) is 58.1 Å². The van der Waals surface area contributed by atoms with Gasteiger partial charge in [0.05, 0.1) is 10.6 Å². The molecule has 12 heteroatoms. The summed E-state index contributed by atoms with van der Waals surface area (Å²) in [7, 11) is -1.28. The highest BCUT2D eigenvalue weighted by atomic mass is 32.2. The smallest absolute Gasteiger partial charge is 0.408 e. The first kappa shape index (κ1) is 24.3. The van der Waals surface area contributed by atoms with Crippen molar-refractivity contribution >= 4 is 36.5 Å². The van der Waals surface area contributed by atoms with Gasteiger partial charge in [0.2, 0.25) is 0 Å². The van der Waals surface area contributed by atoms with Crippen molar-refractivity contribution in [3.05, 3.63) is 82.3 Å². The van der Waals surface area contributed by atoms with E-state index in [1.165, 1.54) is 75.5 Å². The Kier molecular flexibility index (Phi) is 6.85. The van der Waals surface area contributed by atoms with Crippen LogP contribution in [0.2, 0.25) is 0 Å². The van der Waals surface area contributed by atoms with Crippen LogP contribution >= 0.6 is 9.24 Å². The van der Waals surface area contributed by atoms with Gasteiger partial charge in [0.25, 0.3) is 21.5 Å². The quantitative estimate of drug-likeness (QED) is 0.488. The molecule has 1 atom stereocenters. The molecule has 2 aromatic carbocycles. The Morgan fingerprint density at radius 3 is 2.45 bits per heavy atom. The Hall–Kier alpha value is -3.30. The molecule has 0 bridgehead atoms. The van der Waals surface area contributed by atoms with Crippen molar-refractivity contribution in [3.63, 3.8) is 0 Å². The molecule has 2 N–H and O–H groups in total. The minimum absolute atomic E-state index is 0.0317. The van der Waals surface area contributed by atoms with Gasteiger partial charge in [0.15, 0.2) is 0 Å². The van der Waals surface area contributed by atoms with Crippen LogP contribution in [0, 0.1) is 6.92 Å². The van der Waals surface area contributed by atoms with E-state index in [9.17, 15) is 26.8 Å². The molecule has 174 valence electrons. The zero-order chi connectivity index (χ0) is 24.4. The van der Waals surface area contributed by atoms with Crippen LogP contribution in [0.1, 0.15) is 15.9 Å². The van der Waals surface area contributed by atoms with Crippen LogP contribution in [0.3, 0.4) is 0 Å². The van der Waals surface area contributed by atoms with E-state index in [0.717, 1.165) is 6.07 Å². The Morgan fingerprint density at radius 1 is 1.09 bits per heavy atom. The van der Waals surface area contributed by atoms with Gasteiger partial charge >= 0.3 is 5.85 Å². The summed E-state index contributed by atoms with van der Waals surface area (Å²) < 4.78 is 59.7. The van der Waals surface area contributed by atoms with Crippen molar-refractivity contribution in [1.82, 2.24) is 4.57 Å². The number of alkyl halides is 2. The molecule has 0 saturated carbocycles. The fraction of sp³-hybridized carbons (Fsp3) is 0.143. The number of nitrogens with zero attached hydrogens (tertiary/aromatic N) is 1. The molecule has 0 aliphatic carbocycles. The molecule has 1 amide bonds. The van der Waals surface area contributed by atoms with Gasteiger partial charge in [-0.1, -0.05) is 6.07 Å². The zero-order valence-electron chi connectivity index (χ0n) is 17.5. The van der Waals surface area contributed by atoms with Gasteiger partial charge in [-0.2, -0.15) is 8.78 Å². The van der Waals surface area contributed by atoms with Crippen molar-refractivity contribution < 1.29 is 26.7 Å². The van der Waals surface area contributed by atoms with Gasteiger partial charge in [-0.25, -0.2) is 8.42 Å². The molecule has 0 spiro atoms. The summed E-state index contributed by atoms with van der Waals surface area (Å²) >= 11 is 0. The van der Waals surface area contributed by atoms with Crippen molar-refractivity contribution in [3.8, 4) is 5.75 Å². The number of sulfonamides is 1. The summed E-state index contributed by atoms with van der Waals surface area (Å²) in [6.45, 7) is 1.54. The molecule has 1 aromatic heterocycles. The van der Waals surface area contributed by atoms with E-state index < -0.39 is 21.8 Å². The molecule has 0 radical (unpaired) electrons. The lowest BCUT2D eigenvalue weighted by Gasteiger charge is -2.15. The van der Waals surface area contributed by atoms with Crippen molar-refractivity contribution in [2.75, 3.05) is 10.0 Å². The lowest BCUT2D eigenvalue weighted by Crippen LogP contribution is -2.20. The Bertz CT molecular complexity index is 1370. The number of nitrogens with one attached hydrogen (secondary N) is 2. The van der Waals surface area contributed by atoms with Gasteiger partial charge < -0.3 is 14.6 Å². The Labute approximate surface area is 190 Å². The molecule has 0 fully saturated rings. The number of rotatable bonds is 7. The number of halogens is 2. The summed E-state index contributed by atoms with van der Waals surface area (Å²) in [5, 5.41) is 2.61. The molecule has 3 rings (SSSR count). The first-order chi connectivity index (χ1) is 15.3. The lowest BCUT2D eigenvalue weighted by molar-refractivity contribution is -0.0891. The summed E-state index contributed by atoms with van der Waals surface area (Å²) in [6, 6.07) is 12.0. The Morgan fingerprint density at radius 2 is 1.82 bits per heavy atom. The zero-order valence-corrected chi connectivity index (χ0v) is 19.5. The standard InChI is InChI=1S/C21H20F2N3O5PS/c1-13-10-15(24-20(28)14-8-9-26(2)19(27)11-14)6-7-18(13)33(29,30)25-16-4-3-5-17(12-16)31-21(22,23)32/h3-12,25H,32H2,1-2H3,(H,24,28). The van der Waals surface area contributed by atoms with Crippen LogP contribution in [-0.4, -0.2) is 24.7 Å². The number of carbonyl (C=O) groups excluding carboxylic acids is 1. The summed E-state index contributed by atoms with van der Waals surface area (Å²) in [4.78, 5) is 24.0. The number of anilines is 2. The van der Waals surface area contributed by atoms with Crippen LogP contribution in [-0.2, 0) is 17.1 Å². The predicted octanol–water partition coefficient (Wildman–Crippen LogP) is 3.55. The highest BCUT2D eigenvalue weighted by molar-refractivity contribution is 7.92. The number of ether oxygens (including phenoxy) is 1. The first-order valence-electron chi connectivity index (χ1n) is 9.41. The van der Waals surface area contributed by atoms with E-state index in [0.29, 0.717) is 11.3 Å². The summed E-state index contributed by atoms with van der Waals surface area (Å²) in [6.07, 6.45) is 1.46. The van der Waals surface area contributed by atoms with Crippen LogP contribution in [0.15, 0.2) is 70.5 Å². The largest absolute Gasteiger partial charge is 0.430 e. The molecule has 0 saturated heterocycles. The normalized spacial score (nSPS) is 11.7. The highest BCUT2D eigenvalue weighted by Crippen LogP contribution is 2.30. The number of hydrogen-bond donors (Lipinski definition) is 2. The lowest BCUT2D eigenvalue weighted by atomic mass is 10.2. The van der Waals surface area contributed by atoms with Gasteiger partial charge in [0, 0.05) is 36.6 Å². The Balaban J connectivity index is 1.78. The second-order valence-electron chi connectivity index (χ2n) is 7.10. The van der Waals surface area contributed by atoms with Crippen LogP contribution in [0.25, 0.3) is 0 Å². The van der Waals surface area contributed by atoms with Crippen LogP contribution in [0.5, 0.6) is 5.75 Å². The number of pyridine rings is 1. The molecular formula is C21H20F2N3O5PS. The molecule has 1 heterocycles. The van der Waals surface area contributed by atoms with Crippen molar-refractivity contribution in [1.29, 1.82) is 0 Å². The average Bonchev–Trinajstić information content (AvgIpc) is 2.68. The number of hydrogen-bond acceptors (Lipinski definition) is 5. The van der Waals surface area contributed by atoms with E-state index in [2.05, 4.69) is 14.8 Å². The number of carbonyl (C=O) groups is 1. The van der Waals surface area contributed by atoms with Crippen LogP contribution in [0.4, 0.5) is 20.2 Å². The van der Waals surface area contributed by atoms with E-state index in [-0.39, 0.29) is 27.5 Å². The monoisotopic (exact) mass is 495 g/mol. The van der Waals surface area contributed by atoms with E-state index >= 15 is 0 Å². The SMILES string of the molecule is Cc1cc(NC(=O)c2ccn(C)c(=O)c2)ccc1S(=O)(=O)Nc1cccc(OC(F)(F)P)c1. The number of aryl methyl sites for hydroxylation is 2. The minimum Gasteiger partial charge on any atom is -0.430 e. The predicted molar refractivity (Wildman–Crippen MR) is 123 cm³/mol. The third kappa shape index (κ3) is 6.36. The molecule has 0 aliphatic heterocycles. The number of amides is 1. The molecule has 33 heavy (non-hydrogen) atoms. The van der Waals surface area contributed by atoms with E-state index in [1.807, 2.05) is 0 Å². The molecule has 8 nitrogen and oxygen atoms in total. The molecule has 0 aliphatic rings. The number of aromatic nitrogens is 1. The fourth-order valence-electron chi connectivity index (χ4n) is 2.91. The number of benzene rings is 2. The first-order valence-corrected chi connectivity index (χ1v) is 11.5. The van der Waals surface area contributed by atoms with E-state index in [4.69, 9.17) is 0 Å². The fourth-order valence-corrected chi connectivity index (χ4v) is 4.33. The average molecular weight is 495 g/mol. The molecule has 3 aromatic rings. The van der Waals surface area contributed by atoms with Gasteiger partial charge in [-0.3, -0.25) is 14.3 Å². The summed E-state index contributed by atoms with van der Waals surface area (Å²) in [5.74, 6) is -4.25. The molecule has 1 unspecified atom stereocenters. The van der Waals surface area contributed by atoms with Crippen molar-refractivity contribution in [2.45, 2.75) is 17.7 Å². The maximum Gasteiger partial charge on any atom is 0.408 e. The molecular weight excluding hydrogens is 475 g/mol. The summed E-state index contributed by atoms with van der Waals surface area (Å²) in [5.41, 5.74) is 0.502.